The van der Waals surface area contributed by atoms with E-state index in [1.807, 2.05) is 6.92 Å². The second kappa shape index (κ2) is 4.70. The molecule has 72 valence electrons. The third-order valence-corrected chi connectivity index (χ3v) is 1.78. The van der Waals surface area contributed by atoms with Crippen molar-refractivity contribution < 1.29 is 4.74 Å². The Balaban J connectivity index is 2.53. The molecule has 0 aliphatic rings. The quantitative estimate of drug-likeness (QED) is 0.773. The SMILES string of the molecule is CCCC(C)Oc1cc(N)ccn1. The molecule has 0 saturated heterocycles. The summed E-state index contributed by atoms with van der Waals surface area (Å²) < 4.78 is 5.54. The summed E-state index contributed by atoms with van der Waals surface area (Å²) in [6.45, 7) is 4.17. The van der Waals surface area contributed by atoms with E-state index >= 15 is 0 Å². The molecule has 0 fully saturated rings. The average Bonchev–Trinajstić information content (AvgIpc) is 2.04. The fourth-order valence-corrected chi connectivity index (χ4v) is 1.16. The molecular formula is C10H16N2O. The summed E-state index contributed by atoms with van der Waals surface area (Å²) in [5.74, 6) is 0.612. The molecule has 1 unspecified atom stereocenters. The van der Waals surface area contributed by atoms with Gasteiger partial charge >= 0.3 is 0 Å². The van der Waals surface area contributed by atoms with Crippen LogP contribution in [0.3, 0.4) is 0 Å². The molecule has 1 aromatic heterocycles. The number of aromatic nitrogens is 1. The fourth-order valence-electron chi connectivity index (χ4n) is 1.16. The van der Waals surface area contributed by atoms with Crippen LogP contribution in [0.4, 0.5) is 5.69 Å². The first-order valence-electron chi connectivity index (χ1n) is 4.60. The van der Waals surface area contributed by atoms with E-state index in [-0.39, 0.29) is 6.10 Å². The molecule has 13 heavy (non-hydrogen) atoms. The lowest BCUT2D eigenvalue weighted by molar-refractivity contribution is 0.201. The number of ether oxygens (including phenoxy) is 1. The van der Waals surface area contributed by atoms with Gasteiger partial charge in [0.2, 0.25) is 5.88 Å². The lowest BCUT2D eigenvalue weighted by Crippen LogP contribution is -2.11. The van der Waals surface area contributed by atoms with Gasteiger partial charge in [-0.25, -0.2) is 4.98 Å². The molecule has 0 aromatic carbocycles. The second-order valence-corrected chi connectivity index (χ2v) is 3.14. The Hall–Kier alpha value is -1.25. The first kappa shape index (κ1) is 9.84. The smallest absolute Gasteiger partial charge is 0.215 e. The molecule has 0 saturated carbocycles. The van der Waals surface area contributed by atoms with Crippen LogP contribution in [0.5, 0.6) is 5.88 Å². The Morgan fingerprint density at radius 2 is 2.38 bits per heavy atom. The van der Waals surface area contributed by atoms with Gasteiger partial charge < -0.3 is 10.5 Å². The van der Waals surface area contributed by atoms with Gasteiger partial charge in [0.25, 0.3) is 0 Å². The van der Waals surface area contributed by atoms with Crippen molar-refractivity contribution in [2.75, 3.05) is 5.73 Å². The molecule has 0 aliphatic carbocycles. The molecule has 1 atom stereocenters. The molecule has 0 bridgehead atoms. The van der Waals surface area contributed by atoms with Gasteiger partial charge in [0.05, 0.1) is 6.10 Å². The van der Waals surface area contributed by atoms with Gasteiger partial charge in [0.1, 0.15) is 0 Å². The maximum absolute atomic E-state index is 5.59. The number of nitrogen functional groups attached to an aromatic ring is 1. The maximum Gasteiger partial charge on any atom is 0.215 e. The van der Waals surface area contributed by atoms with Gasteiger partial charge in [0.15, 0.2) is 0 Å². The van der Waals surface area contributed by atoms with E-state index in [1.54, 1.807) is 18.3 Å². The standard InChI is InChI=1S/C10H16N2O/c1-3-4-8(2)13-10-7-9(11)5-6-12-10/h5-8H,3-4H2,1-2H3,(H2,11,12). The zero-order valence-electron chi connectivity index (χ0n) is 8.16. The van der Waals surface area contributed by atoms with Gasteiger partial charge in [0, 0.05) is 18.0 Å². The van der Waals surface area contributed by atoms with Crippen molar-refractivity contribution in [3.05, 3.63) is 18.3 Å². The largest absolute Gasteiger partial charge is 0.475 e. The van der Waals surface area contributed by atoms with Crippen LogP contribution in [0, 0.1) is 0 Å². The van der Waals surface area contributed by atoms with Crippen LogP contribution >= 0.6 is 0 Å². The third kappa shape index (κ3) is 3.32. The Kier molecular flexibility index (Phi) is 3.55. The van der Waals surface area contributed by atoms with Crippen molar-refractivity contribution in [2.45, 2.75) is 32.8 Å². The molecule has 1 aromatic rings. The molecule has 0 spiro atoms. The molecular weight excluding hydrogens is 164 g/mol. The minimum atomic E-state index is 0.208. The Bertz CT molecular complexity index is 263. The molecule has 0 amide bonds. The molecule has 1 rings (SSSR count). The maximum atomic E-state index is 5.59. The van der Waals surface area contributed by atoms with Crippen LogP contribution < -0.4 is 10.5 Å². The zero-order valence-corrected chi connectivity index (χ0v) is 8.16. The number of pyridine rings is 1. The van der Waals surface area contributed by atoms with Crippen molar-refractivity contribution in [3.8, 4) is 5.88 Å². The number of rotatable bonds is 4. The van der Waals surface area contributed by atoms with Gasteiger partial charge in [-0.15, -0.1) is 0 Å². The van der Waals surface area contributed by atoms with Crippen LogP contribution in [0.15, 0.2) is 18.3 Å². The van der Waals surface area contributed by atoms with Crippen molar-refractivity contribution in [1.82, 2.24) is 4.98 Å². The van der Waals surface area contributed by atoms with Crippen molar-refractivity contribution in [1.29, 1.82) is 0 Å². The van der Waals surface area contributed by atoms with Crippen molar-refractivity contribution in [3.63, 3.8) is 0 Å². The molecule has 3 heteroatoms. The van der Waals surface area contributed by atoms with Crippen molar-refractivity contribution in [2.24, 2.45) is 0 Å². The van der Waals surface area contributed by atoms with E-state index in [4.69, 9.17) is 10.5 Å². The highest BCUT2D eigenvalue weighted by molar-refractivity contribution is 5.39. The van der Waals surface area contributed by atoms with Crippen LogP contribution in [0.2, 0.25) is 0 Å². The Morgan fingerprint density at radius 1 is 1.62 bits per heavy atom. The minimum Gasteiger partial charge on any atom is -0.475 e. The first-order valence-corrected chi connectivity index (χ1v) is 4.60. The van der Waals surface area contributed by atoms with E-state index in [9.17, 15) is 0 Å². The van der Waals surface area contributed by atoms with E-state index in [0.29, 0.717) is 11.6 Å². The molecule has 2 N–H and O–H groups in total. The minimum absolute atomic E-state index is 0.208. The van der Waals surface area contributed by atoms with Gasteiger partial charge in [-0.3, -0.25) is 0 Å². The lowest BCUT2D eigenvalue weighted by Gasteiger charge is -2.12. The van der Waals surface area contributed by atoms with E-state index in [1.165, 1.54) is 0 Å². The number of anilines is 1. The summed E-state index contributed by atoms with van der Waals surface area (Å²) in [5.41, 5.74) is 6.28. The summed E-state index contributed by atoms with van der Waals surface area (Å²) in [4.78, 5) is 4.06. The fraction of sp³-hybridized carbons (Fsp3) is 0.500. The van der Waals surface area contributed by atoms with Crippen LogP contribution in [0.1, 0.15) is 26.7 Å². The average molecular weight is 180 g/mol. The monoisotopic (exact) mass is 180 g/mol. The molecule has 1 heterocycles. The highest BCUT2D eigenvalue weighted by Gasteiger charge is 2.03. The predicted octanol–water partition coefficient (Wildman–Crippen LogP) is 2.23. The van der Waals surface area contributed by atoms with E-state index in [2.05, 4.69) is 11.9 Å². The second-order valence-electron chi connectivity index (χ2n) is 3.14. The molecule has 0 radical (unpaired) electrons. The van der Waals surface area contributed by atoms with Gasteiger partial charge in [-0.05, 0) is 19.4 Å². The van der Waals surface area contributed by atoms with E-state index < -0.39 is 0 Å². The summed E-state index contributed by atoms with van der Waals surface area (Å²) in [5, 5.41) is 0. The van der Waals surface area contributed by atoms with Crippen LogP contribution in [0.25, 0.3) is 0 Å². The van der Waals surface area contributed by atoms with Crippen molar-refractivity contribution >= 4 is 5.69 Å². The topological polar surface area (TPSA) is 48.1 Å². The van der Waals surface area contributed by atoms with Crippen LogP contribution in [-0.2, 0) is 0 Å². The van der Waals surface area contributed by atoms with Crippen LogP contribution in [-0.4, -0.2) is 11.1 Å². The molecule has 0 aliphatic heterocycles. The number of nitrogens with zero attached hydrogens (tertiary/aromatic N) is 1. The highest BCUT2D eigenvalue weighted by Crippen LogP contribution is 2.13. The number of hydrogen-bond donors (Lipinski definition) is 1. The Morgan fingerprint density at radius 3 is 3.00 bits per heavy atom. The highest BCUT2D eigenvalue weighted by atomic mass is 16.5. The van der Waals surface area contributed by atoms with Gasteiger partial charge in [-0.1, -0.05) is 13.3 Å². The van der Waals surface area contributed by atoms with E-state index in [0.717, 1.165) is 12.8 Å². The van der Waals surface area contributed by atoms with Gasteiger partial charge in [-0.2, -0.15) is 0 Å². The Labute approximate surface area is 78.9 Å². The zero-order chi connectivity index (χ0) is 9.68. The summed E-state index contributed by atoms with van der Waals surface area (Å²) in [6, 6.07) is 3.49. The summed E-state index contributed by atoms with van der Waals surface area (Å²) >= 11 is 0. The summed E-state index contributed by atoms with van der Waals surface area (Å²) in [7, 11) is 0. The normalized spacial score (nSPS) is 12.5. The lowest BCUT2D eigenvalue weighted by atomic mass is 10.2. The summed E-state index contributed by atoms with van der Waals surface area (Å²) in [6.07, 6.45) is 4.02. The number of hydrogen-bond acceptors (Lipinski definition) is 3. The molecule has 3 nitrogen and oxygen atoms in total. The number of nitrogens with two attached hydrogens (primary N) is 1. The first-order chi connectivity index (χ1) is 6.22. The predicted molar refractivity (Wildman–Crippen MR) is 53.6 cm³/mol. The third-order valence-electron chi connectivity index (χ3n) is 1.78.